The van der Waals surface area contributed by atoms with Crippen LogP contribution in [0, 0.1) is 0 Å². The Morgan fingerprint density at radius 1 is 1.26 bits per heavy atom. The van der Waals surface area contributed by atoms with E-state index in [1.54, 1.807) is 32.9 Å². The zero-order chi connectivity index (χ0) is 23.8. The fraction of sp³-hybridized carbons (Fsp3) is 0.636. The highest BCUT2D eigenvalue weighted by Gasteiger charge is 2.44. The van der Waals surface area contributed by atoms with Crippen LogP contribution in [0.1, 0.15) is 47.1 Å². The van der Waals surface area contributed by atoms with Crippen LogP contribution in [-0.2, 0) is 15.6 Å². The summed E-state index contributed by atoms with van der Waals surface area (Å²) in [5.74, 6) is 0.976. The van der Waals surface area contributed by atoms with Crippen LogP contribution in [0.2, 0.25) is 23.2 Å². The SMILES string of the molecule is CC(C)(C)N(C(=O)O)[C@@H](Cc1cc(Cl)c2c(c1)OCO2)[C@@H](C=O)O[Si](C)(C)C(C)(C)C. The van der Waals surface area contributed by atoms with Gasteiger partial charge in [-0.2, -0.15) is 0 Å². The van der Waals surface area contributed by atoms with E-state index in [1.165, 1.54) is 4.90 Å². The number of nitrogens with zero attached hydrogens (tertiary/aromatic N) is 1. The Bertz CT molecular complexity index is 831. The van der Waals surface area contributed by atoms with Gasteiger partial charge in [0.1, 0.15) is 12.4 Å². The molecule has 0 fully saturated rings. The van der Waals surface area contributed by atoms with Crippen LogP contribution in [0.15, 0.2) is 12.1 Å². The van der Waals surface area contributed by atoms with E-state index in [9.17, 15) is 14.7 Å². The van der Waals surface area contributed by atoms with Gasteiger partial charge in [0, 0.05) is 5.54 Å². The first-order valence-electron chi connectivity index (χ1n) is 10.3. The van der Waals surface area contributed by atoms with E-state index >= 15 is 0 Å². The Morgan fingerprint density at radius 2 is 1.87 bits per heavy atom. The molecule has 0 unspecified atom stereocenters. The highest BCUT2D eigenvalue weighted by molar-refractivity contribution is 6.74. The molecule has 0 saturated heterocycles. The highest BCUT2D eigenvalue weighted by Crippen LogP contribution is 2.41. The maximum Gasteiger partial charge on any atom is 0.408 e. The third-order valence-corrected chi connectivity index (χ3v) is 10.7. The number of carboxylic acid groups (broad SMARTS) is 1. The van der Waals surface area contributed by atoms with Gasteiger partial charge in [0.25, 0.3) is 0 Å². The molecular formula is C22H34ClNO6Si. The van der Waals surface area contributed by atoms with Crippen LogP contribution in [0.4, 0.5) is 4.79 Å². The minimum atomic E-state index is -2.36. The first-order valence-corrected chi connectivity index (χ1v) is 13.6. The van der Waals surface area contributed by atoms with E-state index in [2.05, 4.69) is 20.8 Å². The zero-order valence-corrected chi connectivity index (χ0v) is 21.4. The summed E-state index contributed by atoms with van der Waals surface area (Å²) >= 11 is 6.34. The number of hydrogen-bond donors (Lipinski definition) is 1. The molecule has 1 aromatic rings. The Hall–Kier alpha value is -1.77. The van der Waals surface area contributed by atoms with Gasteiger partial charge in [-0.3, -0.25) is 4.90 Å². The number of fused-ring (bicyclic) bond motifs is 1. The average molecular weight is 472 g/mol. The van der Waals surface area contributed by atoms with E-state index in [-0.39, 0.29) is 18.3 Å². The molecule has 2 rings (SSSR count). The van der Waals surface area contributed by atoms with Gasteiger partial charge in [-0.1, -0.05) is 32.4 Å². The van der Waals surface area contributed by atoms with Gasteiger partial charge in [0.2, 0.25) is 6.79 Å². The lowest BCUT2D eigenvalue weighted by Crippen LogP contribution is -2.59. The van der Waals surface area contributed by atoms with Crippen molar-refractivity contribution in [2.45, 2.75) is 83.8 Å². The predicted molar refractivity (Wildman–Crippen MR) is 123 cm³/mol. The van der Waals surface area contributed by atoms with Gasteiger partial charge in [0.05, 0.1) is 11.1 Å². The number of carbonyl (C=O) groups is 2. The second kappa shape index (κ2) is 9.00. The molecule has 174 valence electrons. The summed E-state index contributed by atoms with van der Waals surface area (Å²) in [6, 6.07) is 2.75. The van der Waals surface area contributed by atoms with Crippen molar-refractivity contribution < 1.29 is 28.6 Å². The molecule has 0 bridgehead atoms. The Kier molecular flexibility index (Phi) is 7.40. The number of ether oxygens (including phenoxy) is 2. The third kappa shape index (κ3) is 5.73. The second-order valence-electron chi connectivity index (χ2n) is 10.4. The van der Waals surface area contributed by atoms with Crippen LogP contribution in [0.3, 0.4) is 0 Å². The molecule has 2 atom stereocenters. The van der Waals surface area contributed by atoms with Crippen LogP contribution in [0.25, 0.3) is 0 Å². The molecule has 31 heavy (non-hydrogen) atoms. The van der Waals surface area contributed by atoms with Gasteiger partial charge in [-0.25, -0.2) is 4.79 Å². The fourth-order valence-electron chi connectivity index (χ4n) is 3.37. The summed E-state index contributed by atoms with van der Waals surface area (Å²) in [5.41, 5.74) is -0.0188. The standard InChI is InChI=1S/C22H34ClNO6Si/c1-21(2,3)24(20(26)27)16(18(12-25)30-31(7,8)22(4,5)6)10-14-9-15(23)19-17(11-14)28-13-29-19/h9,11-12,16,18H,10,13H2,1-8H3,(H,26,27)/t16-,18+/m0/s1. The monoisotopic (exact) mass is 471 g/mol. The van der Waals surface area contributed by atoms with E-state index in [0.29, 0.717) is 16.5 Å². The maximum absolute atomic E-state index is 12.3. The summed E-state index contributed by atoms with van der Waals surface area (Å²) in [4.78, 5) is 25.9. The minimum Gasteiger partial charge on any atom is -0.465 e. The lowest BCUT2D eigenvalue weighted by atomic mass is 9.95. The van der Waals surface area contributed by atoms with Crippen molar-refractivity contribution in [3.63, 3.8) is 0 Å². The molecule has 9 heteroatoms. The summed E-state index contributed by atoms with van der Waals surface area (Å²) in [6.45, 7) is 15.8. The summed E-state index contributed by atoms with van der Waals surface area (Å²) in [5, 5.41) is 10.3. The highest BCUT2D eigenvalue weighted by atomic mass is 35.5. The Balaban J connectivity index is 2.51. The van der Waals surface area contributed by atoms with Crippen molar-refractivity contribution in [3.8, 4) is 11.5 Å². The molecule has 1 aromatic carbocycles. The predicted octanol–water partition coefficient (Wildman–Crippen LogP) is 5.35. The fourth-order valence-corrected chi connectivity index (χ4v) is 4.91. The van der Waals surface area contributed by atoms with Gasteiger partial charge in [-0.05, 0) is 63.0 Å². The van der Waals surface area contributed by atoms with E-state index in [1.807, 2.05) is 13.1 Å². The van der Waals surface area contributed by atoms with Crippen LogP contribution < -0.4 is 9.47 Å². The van der Waals surface area contributed by atoms with Crippen LogP contribution >= 0.6 is 11.6 Å². The van der Waals surface area contributed by atoms with Crippen molar-refractivity contribution in [3.05, 3.63) is 22.7 Å². The lowest BCUT2D eigenvalue weighted by molar-refractivity contribution is -0.117. The average Bonchev–Trinajstić information content (AvgIpc) is 3.05. The molecule has 0 aliphatic carbocycles. The number of aldehydes is 1. The summed E-state index contributed by atoms with van der Waals surface area (Å²) in [7, 11) is -2.36. The number of amides is 1. The van der Waals surface area contributed by atoms with E-state index < -0.39 is 32.1 Å². The van der Waals surface area contributed by atoms with Crippen molar-refractivity contribution in [2.75, 3.05) is 6.79 Å². The molecule has 1 aliphatic heterocycles. The molecule has 1 heterocycles. The molecule has 1 amide bonds. The quantitative estimate of drug-likeness (QED) is 0.426. The number of carbonyl (C=O) groups excluding carboxylic acids is 1. The smallest absolute Gasteiger partial charge is 0.408 e. The summed E-state index contributed by atoms with van der Waals surface area (Å²) < 4.78 is 17.2. The lowest BCUT2D eigenvalue weighted by Gasteiger charge is -2.45. The topological polar surface area (TPSA) is 85.3 Å². The first-order chi connectivity index (χ1) is 14.1. The van der Waals surface area contributed by atoms with Crippen molar-refractivity contribution >= 4 is 32.3 Å². The minimum absolute atomic E-state index is 0.0800. The van der Waals surface area contributed by atoms with E-state index in [4.69, 9.17) is 25.5 Å². The summed E-state index contributed by atoms with van der Waals surface area (Å²) in [6.07, 6.45) is -1.09. The normalized spacial score (nSPS) is 16.0. The number of benzene rings is 1. The molecule has 7 nitrogen and oxygen atoms in total. The molecular weight excluding hydrogens is 438 g/mol. The van der Waals surface area contributed by atoms with Crippen LogP contribution in [0.5, 0.6) is 11.5 Å². The van der Waals surface area contributed by atoms with Gasteiger partial charge >= 0.3 is 6.09 Å². The molecule has 0 saturated carbocycles. The largest absolute Gasteiger partial charge is 0.465 e. The molecule has 1 aliphatic rings. The first kappa shape index (κ1) is 25.5. The zero-order valence-electron chi connectivity index (χ0n) is 19.6. The van der Waals surface area contributed by atoms with Gasteiger partial charge in [0.15, 0.2) is 19.8 Å². The number of hydrogen-bond acceptors (Lipinski definition) is 5. The third-order valence-electron chi connectivity index (χ3n) is 5.94. The van der Waals surface area contributed by atoms with Crippen molar-refractivity contribution in [2.24, 2.45) is 0 Å². The molecule has 0 spiro atoms. The Labute approximate surface area is 190 Å². The van der Waals surface area contributed by atoms with Crippen molar-refractivity contribution in [1.29, 1.82) is 0 Å². The Morgan fingerprint density at radius 3 is 2.35 bits per heavy atom. The van der Waals surface area contributed by atoms with Crippen LogP contribution in [-0.4, -0.2) is 55.2 Å². The maximum atomic E-state index is 12.3. The molecule has 1 N–H and O–H groups in total. The van der Waals surface area contributed by atoms with E-state index in [0.717, 1.165) is 11.8 Å². The van der Waals surface area contributed by atoms with Gasteiger partial charge in [-0.15, -0.1) is 0 Å². The molecule has 0 aromatic heterocycles. The second-order valence-corrected chi connectivity index (χ2v) is 15.5. The number of halogens is 1. The number of rotatable bonds is 7. The van der Waals surface area contributed by atoms with Crippen molar-refractivity contribution in [1.82, 2.24) is 4.90 Å². The molecule has 0 radical (unpaired) electrons. The van der Waals surface area contributed by atoms with Gasteiger partial charge < -0.3 is 23.8 Å².